The van der Waals surface area contributed by atoms with Gasteiger partial charge in [0.1, 0.15) is 5.65 Å². The first-order valence-electron chi connectivity index (χ1n) is 8.76. The van der Waals surface area contributed by atoms with Gasteiger partial charge < -0.3 is 4.40 Å². The van der Waals surface area contributed by atoms with Crippen LogP contribution in [0.3, 0.4) is 0 Å². The van der Waals surface area contributed by atoms with Crippen molar-refractivity contribution in [2.45, 2.75) is 39.0 Å². The van der Waals surface area contributed by atoms with E-state index >= 15 is 0 Å². The number of halogens is 2. The van der Waals surface area contributed by atoms with Gasteiger partial charge in [0.25, 0.3) is 0 Å². The van der Waals surface area contributed by atoms with Crippen molar-refractivity contribution in [1.82, 2.24) is 9.38 Å². The number of aromatic nitrogens is 2. The zero-order valence-corrected chi connectivity index (χ0v) is 18.7. The van der Waals surface area contributed by atoms with E-state index in [-0.39, 0.29) is 0 Å². The number of fused-ring (bicyclic) bond motifs is 2. The first-order valence-corrected chi connectivity index (χ1v) is 11.1. The molecule has 3 heterocycles. The third kappa shape index (κ3) is 3.39. The normalized spacial score (nSPS) is 13.2. The van der Waals surface area contributed by atoms with Crippen LogP contribution in [0.25, 0.3) is 15.7 Å². The monoisotopic (exact) mass is 494 g/mol. The van der Waals surface area contributed by atoms with Crippen LogP contribution < -0.4 is 0 Å². The van der Waals surface area contributed by atoms with Gasteiger partial charge in [0.15, 0.2) is 0 Å². The van der Waals surface area contributed by atoms with Crippen molar-refractivity contribution in [3.05, 3.63) is 67.5 Å². The highest BCUT2D eigenvalue weighted by atomic mass is 127. The van der Waals surface area contributed by atoms with Crippen LogP contribution >= 0.6 is 45.5 Å². The lowest BCUT2D eigenvalue weighted by atomic mass is 9.94. The Morgan fingerprint density at radius 2 is 2.00 bits per heavy atom. The summed E-state index contributed by atoms with van der Waals surface area (Å²) in [6, 6.07) is 8.91. The maximum absolute atomic E-state index is 6.24. The number of hydrogen-bond donors (Lipinski definition) is 0. The molecule has 1 aromatic carbocycles. The Morgan fingerprint density at radius 3 is 2.77 bits per heavy atom. The molecule has 1 atom stereocenters. The maximum atomic E-state index is 6.24. The molecule has 4 rings (SSSR count). The van der Waals surface area contributed by atoms with Gasteiger partial charge in [-0.3, -0.25) is 0 Å². The van der Waals surface area contributed by atoms with Gasteiger partial charge in [-0.1, -0.05) is 44.5 Å². The Labute approximate surface area is 176 Å². The van der Waals surface area contributed by atoms with Gasteiger partial charge in [-0.05, 0) is 64.1 Å². The lowest BCUT2D eigenvalue weighted by Crippen LogP contribution is -2.02. The molecule has 0 aliphatic heterocycles. The van der Waals surface area contributed by atoms with Crippen LogP contribution in [-0.2, 0) is 6.42 Å². The molecular weight excluding hydrogens is 475 g/mol. The minimum absolute atomic E-state index is 0.418. The number of hydrogen-bond acceptors (Lipinski definition) is 2. The molecule has 0 N–H and O–H groups in total. The molecule has 26 heavy (non-hydrogen) atoms. The summed E-state index contributed by atoms with van der Waals surface area (Å²) in [4.78, 5) is 4.90. The number of thiophene rings is 1. The predicted molar refractivity (Wildman–Crippen MR) is 121 cm³/mol. The average molecular weight is 495 g/mol. The Balaban J connectivity index is 1.70. The fourth-order valence-electron chi connectivity index (χ4n) is 3.34. The van der Waals surface area contributed by atoms with Crippen molar-refractivity contribution in [3.63, 3.8) is 0 Å². The van der Waals surface area contributed by atoms with Crippen LogP contribution in [0, 0.1) is 3.57 Å². The van der Waals surface area contributed by atoms with E-state index < -0.39 is 0 Å². The van der Waals surface area contributed by atoms with E-state index in [1.54, 1.807) is 11.3 Å². The second-order valence-electron chi connectivity index (χ2n) is 7.18. The Morgan fingerprint density at radius 1 is 1.19 bits per heavy atom. The van der Waals surface area contributed by atoms with Gasteiger partial charge in [0.2, 0.25) is 0 Å². The van der Waals surface area contributed by atoms with Crippen LogP contribution in [0.15, 0.2) is 42.0 Å². The van der Waals surface area contributed by atoms with E-state index in [2.05, 4.69) is 84.4 Å². The molecular formula is C21H20ClIN2S. The predicted octanol–water partition coefficient (Wildman–Crippen LogP) is 7.28. The molecule has 0 saturated carbocycles. The molecule has 0 saturated heterocycles. The molecule has 0 aliphatic rings. The average Bonchev–Trinajstić information content (AvgIpc) is 3.18. The molecule has 0 amide bonds. The van der Waals surface area contributed by atoms with Crippen molar-refractivity contribution in [2.24, 2.45) is 0 Å². The minimum Gasteiger partial charge on any atom is -0.306 e. The SMILES string of the molecule is CC(C)c1cn2cc(I)cc(CC(C)c3ccc4c(Cl)csc4c3)c2n1. The Bertz CT molecular complexity index is 1100. The zero-order valence-electron chi connectivity index (χ0n) is 15.0. The van der Waals surface area contributed by atoms with Gasteiger partial charge in [-0.15, -0.1) is 11.3 Å². The minimum atomic E-state index is 0.418. The van der Waals surface area contributed by atoms with Crippen molar-refractivity contribution in [3.8, 4) is 0 Å². The molecule has 0 radical (unpaired) electrons. The van der Waals surface area contributed by atoms with Crippen LogP contribution in [0.1, 0.15) is 49.4 Å². The fourth-order valence-corrected chi connectivity index (χ4v) is 5.24. The molecule has 5 heteroatoms. The Hall–Kier alpha value is -1.11. The summed E-state index contributed by atoms with van der Waals surface area (Å²) in [5.41, 5.74) is 4.89. The van der Waals surface area contributed by atoms with E-state index in [9.17, 15) is 0 Å². The summed E-state index contributed by atoms with van der Waals surface area (Å²) in [6.07, 6.45) is 5.29. The quantitative estimate of drug-likeness (QED) is 0.273. The topological polar surface area (TPSA) is 17.3 Å². The van der Waals surface area contributed by atoms with E-state index in [4.69, 9.17) is 16.6 Å². The van der Waals surface area contributed by atoms with Crippen molar-refractivity contribution in [2.75, 3.05) is 0 Å². The standard InChI is InChI=1S/C21H20ClIN2S/c1-12(2)19-10-25-9-16(23)7-15(21(25)24-19)6-13(3)14-4-5-17-18(22)11-26-20(17)8-14/h4-5,7-13H,6H2,1-3H3. The molecule has 2 nitrogen and oxygen atoms in total. The number of imidazole rings is 1. The van der Waals surface area contributed by atoms with Gasteiger partial charge in [-0.2, -0.15) is 0 Å². The van der Waals surface area contributed by atoms with Gasteiger partial charge >= 0.3 is 0 Å². The summed E-state index contributed by atoms with van der Waals surface area (Å²) in [7, 11) is 0. The Kier molecular flexibility index (Phi) is 5.01. The summed E-state index contributed by atoms with van der Waals surface area (Å²) in [6.45, 7) is 6.67. The third-order valence-corrected chi connectivity index (χ3v) is 6.83. The van der Waals surface area contributed by atoms with Crippen LogP contribution in [0.2, 0.25) is 5.02 Å². The first-order chi connectivity index (χ1) is 12.4. The van der Waals surface area contributed by atoms with Gasteiger partial charge in [0.05, 0.1) is 10.7 Å². The van der Waals surface area contributed by atoms with E-state index in [1.807, 2.05) is 5.38 Å². The second-order valence-corrected chi connectivity index (χ2v) is 9.74. The molecule has 0 bridgehead atoms. The summed E-state index contributed by atoms with van der Waals surface area (Å²) in [5, 5.41) is 4.02. The van der Waals surface area contributed by atoms with E-state index in [0.29, 0.717) is 11.8 Å². The highest BCUT2D eigenvalue weighted by Gasteiger charge is 2.15. The summed E-state index contributed by atoms with van der Waals surface area (Å²) >= 11 is 10.4. The number of rotatable bonds is 4. The zero-order chi connectivity index (χ0) is 18.4. The summed E-state index contributed by atoms with van der Waals surface area (Å²) in [5.74, 6) is 0.852. The van der Waals surface area contributed by atoms with Crippen molar-refractivity contribution >= 4 is 61.3 Å². The summed E-state index contributed by atoms with van der Waals surface area (Å²) < 4.78 is 4.68. The highest BCUT2D eigenvalue weighted by Crippen LogP contribution is 2.33. The molecule has 1 unspecified atom stereocenters. The lowest BCUT2D eigenvalue weighted by molar-refractivity contribution is 0.759. The largest absolute Gasteiger partial charge is 0.306 e. The molecule has 0 spiro atoms. The highest BCUT2D eigenvalue weighted by molar-refractivity contribution is 14.1. The number of nitrogens with zero attached hydrogens (tertiary/aromatic N) is 2. The molecule has 0 aliphatic carbocycles. The van der Waals surface area contributed by atoms with Gasteiger partial charge in [-0.25, -0.2) is 4.98 Å². The van der Waals surface area contributed by atoms with E-state index in [1.165, 1.54) is 19.4 Å². The number of benzene rings is 1. The molecule has 3 aromatic heterocycles. The van der Waals surface area contributed by atoms with Gasteiger partial charge in [0, 0.05) is 31.4 Å². The second kappa shape index (κ2) is 7.13. The lowest BCUT2D eigenvalue weighted by Gasteiger charge is -2.13. The third-order valence-electron chi connectivity index (χ3n) is 4.85. The molecule has 0 fully saturated rings. The maximum Gasteiger partial charge on any atom is 0.140 e. The number of pyridine rings is 1. The van der Waals surface area contributed by atoms with Crippen molar-refractivity contribution < 1.29 is 0 Å². The van der Waals surface area contributed by atoms with Crippen LogP contribution in [-0.4, -0.2) is 9.38 Å². The van der Waals surface area contributed by atoms with Crippen LogP contribution in [0.5, 0.6) is 0 Å². The van der Waals surface area contributed by atoms with Crippen molar-refractivity contribution in [1.29, 1.82) is 0 Å². The van der Waals surface area contributed by atoms with Crippen LogP contribution in [0.4, 0.5) is 0 Å². The molecule has 134 valence electrons. The fraction of sp³-hybridized carbons (Fsp3) is 0.286. The smallest absolute Gasteiger partial charge is 0.140 e. The first kappa shape index (κ1) is 18.3. The van der Waals surface area contributed by atoms with E-state index in [0.717, 1.165) is 28.2 Å². The molecule has 4 aromatic rings.